The van der Waals surface area contributed by atoms with E-state index in [9.17, 15) is 0 Å². The summed E-state index contributed by atoms with van der Waals surface area (Å²) >= 11 is 0. The first kappa shape index (κ1) is 24.5. The monoisotopic (exact) mass is 486 g/mol. The molecule has 0 N–H and O–H groups in total. The number of pyridine rings is 2. The quantitative estimate of drug-likeness (QED) is 0.241. The molecule has 5 aromatic rings. The summed E-state index contributed by atoms with van der Waals surface area (Å²) in [5.74, 6) is 0.615. The second kappa shape index (κ2) is 10.4. The molecule has 37 heavy (non-hydrogen) atoms. The van der Waals surface area contributed by atoms with E-state index in [1.165, 1.54) is 22.3 Å². The molecule has 3 aromatic carbocycles. The van der Waals surface area contributed by atoms with Crippen molar-refractivity contribution in [3.05, 3.63) is 138 Å². The highest BCUT2D eigenvalue weighted by Gasteiger charge is 2.34. The molecule has 6 rings (SSSR count). The molecule has 0 saturated carbocycles. The predicted molar refractivity (Wildman–Crippen MR) is 155 cm³/mol. The van der Waals surface area contributed by atoms with Crippen LogP contribution >= 0.6 is 0 Å². The molecule has 0 saturated heterocycles. The number of benzene rings is 3. The number of aromatic nitrogens is 2. The first-order valence-electron chi connectivity index (χ1n) is 12.9. The van der Waals surface area contributed by atoms with E-state index in [1.807, 2.05) is 38.4 Å². The van der Waals surface area contributed by atoms with Crippen molar-refractivity contribution in [2.75, 3.05) is 7.11 Å². The Hall–Kier alpha value is -4.24. The van der Waals surface area contributed by atoms with Crippen molar-refractivity contribution in [2.24, 2.45) is 0 Å². The Balaban J connectivity index is 0.00000110. The number of aryl methyl sites for hydroxylation is 2. The van der Waals surface area contributed by atoms with Gasteiger partial charge in [0, 0.05) is 25.3 Å². The Morgan fingerprint density at radius 3 is 2.30 bits per heavy atom. The zero-order valence-corrected chi connectivity index (χ0v) is 21.7. The van der Waals surface area contributed by atoms with Crippen LogP contribution in [-0.4, -0.2) is 17.1 Å². The number of hydrogen-bond acceptors (Lipinski definition) is 3. The van der Waals surface area contributed by atoms with E-state index < -0.39 is 5.41 Å². The van der Waals surface area contributed by atoms with Crippen molar-refractivity contribution in [1.82, 2.24) is 9.97 Å². The number of hydrogen-bond donors (Lipinski definition) is 0. The number of ether oxygens (including phenoxy) is 1. The van der Waals surface area contributed by atoms with Crippen molar-refractivity contribution in [1.29, 1.82) is 0 Å². The van der Waals surface area contributed by atoms with Crippen molar-refractivity contribution >= 4 is 10.9 Å². The minimum absolute atomic E-state index is 0. The standard InChI is InChI=1S/C32H26N2O.C2H6.H2/c1-3-32(27-11-6-16-33-21-27)25-10-5-8-23(18-25)13-12-22-7-4-9-24(17-22)28-20-31(35-2)34-30-15-14-26(32)19-29(28)30;1-2;/h3-11,14-21H,1,12-13H2,2H3;1-2H3;1H. The number of allylic oxidation sites excluding steroid dienone is 1. The van der Waals surface area contributed by atoms with E-state index >= 15 is 0 Å². The van der Waals surface area contributed by atoms with Crippen LogP contribution in [-0.2, 0) is 18.3 Å². The lowest BCUT2D eigenvalue weighted by molar-refractivity contribution is 0.400. The van der Waals surface area contributed by atoms with Gasteiger partial charge in [-0.05, 0) is 70.0 Å². The van der Waals surface area contributed by atoms with Gasteiger partial charge < -0.3 is 4.74 Å². The van der Waals surface area contributed by atoms with Crippen LogP contribution in [0.15, 0.2) is 110 Å². The molecule has 0 spiro atoms. The minimum Gasteiger partial charge on any atom is -0.481 e. The minimum atomic E-state index is -0.553. The third-order valence-electron chi connectivity index (χ3n) is 7.20. The maximum absolute atomic E-state index is 5.58. The topological polar surface area (TPSA) is 35.0 Å². The first-order chi connectivity index (χ1) is 18.2. The molecule has 1 aliphatic carbocycles. The van der Waals surface area contributed by atoms with Gasteiger partial charge in [-0.3, -0.25) is 4.98 Å². The predicted octanol–water partition coefficient (Wildman–Crippen LogP) is 8.20. The Labute approximate surface area is 221 Å². The van der Waals surface area contributed by atoms with Crippen LogP contribution in [0.5, 0.6) is 5.88 Å². The summed E-state index contributed by atoms with van der Waals surface area (Å²) in [7, 11) is 1.67. The van der Waals surface area contributed by atoms with E-state index in [0.29, 0.717) is 5.88 Å². The summed E-state index contributed by atoms with van der Waals surface area (Å²) < 4.78 is 5.58. The first-order valence-corrected chi connectivity index (χ1v) is 12.9. The Morgan fingerprint density at radius 2 is 1.57 bits per heavy atom. The van der Waals surface area contributed by atoms with E-state index in [4.69, 9.17) is 9.72 Å². The van der Waals surface area contributed by atoms with Gasteiger partial charge in [0.15, 0.2) is 0 Å². The number of rotatable bonds is 3. The lowest BCUT2D eigenvalue weighted by atomic mass is 9.69. The second-order valence-corrected chi connectivity index (χ2v) is 9.10. The van der Waals surface area contributed by atoms with Crippen LogP contribution in [0, 0.1) is 0 Å². The van der Waals surface area contributed by atoms with Crippen molar-refractivity contribution in [2.45, 2.75) is 32.1 Å². The molecule has 186 valence electrons. The fraction of sp³-hybridized carbons (Fsp3) is 0.176. The van der Waals surface area contributed by atoms with E-state index in [0.717, 1.165) is 40.4 Å². The molecule has 1 aliphatic rings. The van der Waals surface area contributed by atoms with Gasteiger partial charge in [-0.15, -0.1) is 6.58 Å². The summed E-state index contributed by atoms with van der Waals surface area (Å²) in [6.45, 7) is 8.36. The van der Waals surface area contributed by atoms with Gasteiger partial charge in [0.05, 0.1) is 18.0 Å². The average Bonchev–Trinajstić information content (AvgIpc) is 2.98. The molecule has 0 amide bonds. The van der Waals surface area contributed by atoms with Gasteiger partial charge in [0.1, 0.15) is 0 Å². The maximum Gasteiger partial charge on any atom is 0.214 e. The van der Waals surface area contributed by atoms with Crippen LogP contribution in [0.2, 0.25) is 0 Å². The molecule has 6 bridgehead atoms. The van der Waals surface area contributed by atoms with Gasteiger partial charge in [0.25, 0.3) is 0 Å². The van der Waals surface area contributed by atoms with Gasteiger partial charge in [-0.2, -0.15) is 0 Å². The summed E-state index contributed by atoms with van der Waals surface area (Å²) in [6.07, 6.45) is 7.75. The number of methoxy groups -OCH3 is 1. The molecule has 2 aromatic heterocycles. The van der Waals surface area contributed by atoms with Crippen LogP contribution in [0.1, 0.15) is 43.1 Å². The molecule has 1 atom stereocenters. The molecule has 1 unspecified atom stereocenters. The van der Waals surface area contributed by atoms with Gasteiger partial charge in [-0.1, -0.05) is 80.6 Å². The fourth-order valence-corrected chi connectivity index (χ4v) is 5.39. The molecule has 2 heterocycles. The molecule has 0 radical (unpaired) electrons. The Morgan fingerprint density at radius 1 is 0.838 bits per heavy atom. The highest BCUT2D eigenvalue weighted by atomic mass is 16.5. The zero-order valence-electron chi connectivity index (χ0n) is 21.7. The van der Waals surface area contributed by atoms with Crippen LogP contribution in [0.25, 0.3) is 22.0 Å². The molecule has 0 fully saturated rings. The SMILES string of the molecule is C=CC1(c2cccnc2)c2cccc(c2)CCc2cccc(c2)-c2cc(OC)nc3ccc1cc23.CC.[HH]. The van der Waals surface area contributed by atoms with E-state index in [-0.39, 0.29) is 1.43 Å². The average molecular weight is 487 g/mol. The highest BCUT2D eigenvalue weighted by Crippen LogP contribution is 2.43. The molecule has 3 heteroatoms. The van der Waals surface area contributed by atoms with Crippen LogP contribution in [0.3, 0.4) is 0 Å². The lowest BCUT2D eigenvalue weighted by Gasteiger charge is -2.33. The molecular weight excluding hydrogens is 452 g/mol. The van der Waals surface area contributed by atoms with Crippen molar-refractivity contribution in [3.8, 4) is 17.0 Å². The largest absolute Gasteiger partial charge is 0.481 e. The van der Waals surface area contributed by atoms with Crippen molar-refractivity contribution in [3.63, 3.8) is 0 Å². The van der Waals surface area contributed by atoms with Crippen LogP contribution < -0.4 is 4.74 Å². The van der Waals surface area contributed by atoms with E-state index in [1.54, 1.807) is 7.11 Å². The number of fused-ring (bicyclic) bond motifs is 6. The fourth-order valence-electron chi connectivity index (χ4n) is 5.39. The normalized spacial score (nSPS) is 16.0. The smallest absolute Gasteiger partial charge is 0.214 e. The Bertz CT molecular complexity index is 1560. The Kier molecular flexibility index (Phi) is 6.87. The van der Waals surface area contributed by atoms with Gasteiger partial charge in [0.2, 0.25) is 5.88 Å². The third kappa shape index (κ3) is 4.31. The lowest BCUT2D eigenvalue weighted by Crippen LogP contribution is -2.27. The summed E-state index contributed by atoms with van der Waals surface area (Å²) in [4.78, 5) is 9.25. The second-order valence-electron chi connectivity index (χ2n) is 9.10. The molecular formula is C34H34N2O. The van der Waals surface area contributed by atoms with Crippen molar-refractivity contribution < 1.29 is 6.16 Å². The molecule has 3 nitrogen and oxygen atoms in total. The maximum atomic E-state index is 5.58. The third-order valence-corrected chi connectivity index (χ3v) is 7.20. The zero-order chi connectivity index (χ0) is 25.8. The van der Waals surface area contributed by atoms with Crippen LogP contribution in [0.4, 0.5) is 0 Å². The number of nitrogens with zero attached hydrogens (tertiary/aromatic N) is 2. The summed E-state index contributed by atoms with van der Waals surface area (Å²) in [5, 5.41) is 1.09. The highest BCUT2D eigenvalue weighted by molar-refractivity contribution is 5.96. The summed E-state index contributed by atoms with van der Waals surface area (Å²) in [6, 6.07) is 30.4. The van der Waals surface area contributed by atoms with Gasteiger partial charge in [-0.25, -0.2) is 4.98 Å². The van der Waals surface area contributed by atoms with E-state index in [2.05, 4.69) is 90.4 Å². The molecule has 0 aliphatic heterocycles. The summed E-state index contributed by atoms with van der Waals surface area (Å²) in [5.41, 5.74) is 8.67. The van der Waals surface area contributed by atoms with Gasteiger partial charge >= 0.3 is 0 Å².